The molecule has 3 nitrogen and oxygen atoms in total. The second kappa shape index (κ2) is 5.22. The fourth-order valence-corrected chi connectivity index (χ4v) is 1.83. The van der Waals surface area contributed by atoms with Crippen LogP contribution in [0.5, 0.6) is 0 Å². The molecule has 18 heavy (non-hydrogen) atoms. The largest absolute Gasteiger partial charge is 0.423 e. The van der Waals surface area contributed by atoms with Crippen molar-refractivity contribution in [3.05, 3.63) is 0 Å². The summed E-state index contributed by atoms with van der Waals surface area (Å²) in [7, 11) is 2.75. The summed E-state index contributed by atoms with van der Waals surface area (Å²) in [6, 6.07) is -0.304. The molecule has 1 aliphatic carbocycles. The summed E-state index contributed by atoms with van der Waals surface area (Å²) in [4.78, 5) is 0. The molecule has 0 amide bonds. The number of rotatable bonds is 4. The minimum Gasteiger partial charge on any atom is -0.377 e. The first-order valence-corrected chi connectivity index (χ1v) is 5.10. The highest BCUT2D eigenvalue weighted by Crippen LogP contribution is 2.39. The Morgan fingerprint density at radius 3 is 1.94 bits per heavy atom. The highest BCUT2D eigenvalue weighted by molar-refractivity contribution is 4.97. The molecule has 0 heterocycles. The SMILES string of the molecule is CNC1CC(OC(C(F)(F)F)C(F)(F)F)C1OC. The predicted octanol–water partition coefficient (Wildman–Crippen LogP) is 1.87. The molecule has 3 atom stereocenters. The first-order valence-electron chi connectivity index (χ1n) is 5.10. The van der Waals surface area contributed by atoms with Crippen LogP contribution in [0.3, 0.4) is 0 Å². The molecule has 1 saturated carbocycles. The van der Waals surface area contributed by atoms with Crippen molar-refractivity contribution in [3.8, 4) is 0 Å². The van der Waals surface area contributed by atoms with Crippen LogP contribution >= 0.6 is 0 Å². The molecular weight excluding hydrogens is 268 g/mol. The Labute approximate surface area is 99.4 Å². The molecule has 0 saturated heterocycles. The van der Waals surface area contributed by atoms with Crippen molar-refractivity contribution in [3.63, 3.8) is 0 Å². The number of alkyl halides is 6. The second-order valence-corrected chi connectivity index (χ2v) is 3.97. The zero-order valence-corrected chi connectivity index (χ0v) is 9.60. The first-order chi connectivity index (χ1) is 8.11. The lowest BCUT2D eigenvalue weighted by molar-refractivity contribution is -0.344. The number of halogens is 6. The number of ether oxygens (including phenoxy) is 2. The summed E-state index contributed by atoms with van der Waals surface area (Å²) >= 11 is 0. The van der Waals surface area contributed by atoms with E-state index < -0.39 is 30.7 Å². The molecule has 0 aromatic rings. The van der Waals surface area contributed by atoms with Crippen LogP contribution in [0.4, 0.5) is 26.3 Å². The zero-order chi connectivity index (χ0) is 14.1. The van der Waals surface area contributed by atoms with E-state index in [0.717, 1.165) is 0 Å². The lowest BCUT2D eigenvalue weighted by Crippen LogP contribution is -2.61. The van der Waals surface area contributed by atoms with Crippen LogP contribution in [0.15, 0.2) is 0 Å². The quantitative estimate of drug-likeness (QED) is 0.798. The van der Waals surface area contributed by atoms with Gasteiger partial charge in [0, 0.05) is 13.2 Å². The third-order valence-corrected chi connectivity index (χ3v) is 2.80. The van der Waals surface area contributed by atoms with Gasteiger partial charge in [-0.2, -0.15) is 26.3 Å². The molecular formula is C9H13F6NO2. The summed E-state index contributed by atoms with van der Waals surface area (Å²) in [5.74, 6) is 0. The summed E-state index contributed by atoms with van der Waals surface area (Å²) < 4.78 is 82.4. The van der Waals surface area contributed by atoms with Gasteiger partial charge in [-0.3, -0.25) is 0 Å². The van der Waals surface area contributed by atoms with Crippen LogP contribution in [0.2, 0.25) is 0 Å². The van der Waals surface area contributed by atoms with Gasteiger partial charge in [0.15, 0.2) is 0 Å². The smallest absolute Gasteiger partial charge is 0.377 e. The van der Waals surface area contributed by atoms with Crippen molar-refractivity contribution in [2.24, 2.45) is 0 Å². The van der Waals surface area contributed by atoms with E-state index in [1.165, 1.54) is 14.2 Å². The van der Waals surface area contributed by atoms with Gasteiger partial charge in [0.05, 0.1) is 12.2 Å². The van der Waals surface area contributed by atoms with Crippen LogP contribution in [-0.2, 0) is 9.47 Å². The molecule has 9 heteroatoms. The molecule has 3 unspecified atom stereocenters. The van der Waals surface area contributed by atoms with Crippen molar-refractivity contribution in [2.45, 2.75) is 43.1 Å². The van der Waals surface area contributed by atoms with E-state index in [2.05, 4.69) is 10.1 Å². The Morgan fingerprint density at radius 2 is 1.61 bits per heavy atom. The Morgan fingerprint density at radius 1 is 1.11 bits per heavy atom. The third-order valence-electron chi connectivity index (χ3n) is 2.80. The maximum absolute atomic E-state index is 12.2. The van der Waals surface area contributed by atoms with Gasteiger partial charge in [-0.15, -0.1) is 0 Å². The lowest BCUT2D eigenvalue weighted by Gasteiger charge is -2.44. The van der Waals surface area contributed by atoms with Crippen LogP contribution in [-0.4, -0.2) is 50.9 Å². The van der Waals surface area contributed by atoms with E-state index in [0.29, 0.717) is 0 Å². The Kier molecular flexibility index (Phi) is 4.50. The maximum Gasteiger partial charge on any atom is 0.423 e. The number of methoxy groups -OCH3 is 1. The van der Waals surface area contributed by atoms with Gasteiger partial charge in [-0.1, -0.05) is 0 Å². The van der Waals surface area contributed by atoms with Gasteiger partial charge in [0.1, 0.15) is 0 Å². The number of nitrogens with one attached hydrogen (secondary N) is 1. The molecule has 0 spiro atoms. The van der Waals surface area contributed by atoms with Crippen LogP contribution in [0, 0.1) is 0 Å². The normalized spacial score (nSPS) is 29.5. The Hall–Kier alpha value is -0.540. The van der Waals surface area contributed by atoms with E-state index in [-0.39, 0.29) is 12.5 Å². The van der Waals surface area contributed by atoms with E-state index in [4.69, 9.17) is 4.74 Å². The van der Waals surface area contributed by atoms with Crippen LogP contribution < -0.4 is 5.32 Å². The van der Waals surface area contributed by atoms with E-state index in [9.17, 15) is 26.3 Å². The molecule has 1 aliphatic rings. The topological polar surface area (TPSA) is 30.5 Å². The fraction of sp³-hybridized carbons (Fsp3) is 1.00. The number of likely N-dealkylation sites (N-methyl/N-ethyl adjacent to an activating group) is 1. The van der Waals surface area contributed by atoms with Gasteiger partial charge < -0.3 is 14.8 Å². The molecule has 0 bridgehead atoms. The van der Waals surface area contributed by atoms with Crippen molar-refractivity contribution in [2.75, 3.05) is 14.2 Å². The Bertz CT molecular complexity index is 265. The van der Waals surface area contributed by atoms with Crippen LogP contribution in [0.1, 0.15) is 6.42 Å². The highest BCUT2D eigenvalue weighted by Gasteiger charge is 2.60. The third kappa shape index (κ3) is 3.27. The van der Waals surface area contributed by atoms with Crippen molar-refractivity contribution >= 4 is 0 Å². The molecule has 1 rings (SSSR count). The van der Waals surface area contributed by atoms with E-state index >= 15 is 0 Å². The molecule has 0 radical (unpaired) electrons. The van der Waals surface area contributed by atoms with E-state index in [1.807, 2.05) is 0 Å². The van der Waals surface area contributed by atoms with Gasteiger partial charge in [-0.05, 0) is 13.5 Å². The second-order valence-electron chi connectivity index (χ2n) is 3.97. The molecule has 0 aromatic carbocycles. The summed E-state index contributed by atoms with van der Waals surface area (Å²) in [5, 5.41) is 2.72. The molecule has 0 aromatic heterocycles. The highest BCUT2D eigenvalue weighted by atomic mass is 19.4. The number of hydrogen-bond acceptors (Lipinski definition) is 3. The maximum atomic E-state index is 12.2. The summed E-state index contributed by atoms with van der Waals surface area (Å²) in [6.07, 6.45) is -16.7. The van der Waals surface area contributed by atoms with Crippen LogP contribution in [0.25, 0.3) is 0 Å². The molecule has 108 valence electrons. The summed E-state index contributed by atoms with van der Waals surface area (Å²) in [6.45, 7) is 0. The van der Waals surface area contributed by atoms with Crippen molar-refractivity contribution in [1.82, 2.24) is 5.32 Å². The van der Waals surface area contributed by atoms with Gasteiger partial charge in [0.25, 0.3) is 0 Å². The number of hydrogen-bond donors (Lipinski definition) is 1. The molecule has 0 aliphatic heterocycles. The summed E-state index contributed by atoms with van der Waals surface area (Å²) in [5.41, 5.74) is 0. The average Bonchev–Trinajstić information content (AvgIpc) is 2.12. The first kappa shape index (κ1) is 15.5. The fourth-order valence-electron chi connectivity index (χ4n) is 1.83. The van der Waals surface area contributed by atoms with Gasteiger partial charge in [0.2, 0.25) is 6.10 Å². The zero-order valence-electron chi connectivity index (χ0n) is 9.60. The van der Waals surface area contributed by atoms with Crippen molar-refractivity contribution < 1.29 is 35.8 Å². The van der Waals surface area contributed by atoms with Crippen molar-refractivity contribution in [1.29, 1.82) is 0 Å². The van der Waals surface area contributed by atoms with E-state index in [1.54, 1.807) is 0 Å². The lowest BCUT2D eigenvalue weighted by atomic mass is 9.85. The average molecular weight is 281 g/mol. The minimum absolute atomic E-state index is 0.0394. The molecule has 1 N–H and O–H groups in total. The molecule has 1 fully saturated rings. The minimum atomic E-state index is -5.48. The monoisotopic (exact) mass is 281 g/mol. The Balaban J connectivity index is 2.69. The van der Waals surface area contributed by atoms with Gasteiger partial charge >= 0.3 is 12.4 Å². The predicted molar refractivity (Wildman–Crippen MR) is 49.0 cm³/mol. The van der Waals surface area contributed by atoms with Gasteiger partial charge in [-0.25, -0.2) is 0 Å². The standard InChI is InChI=1S/C9H13F6NO2/c1-16-4-3-5(6(4)17-2)18-7(8(10,11)12)9(13,14)15/h4-7,16H,3H2,1-2H3.